The van der Waals surface area contributed by atoms with Gasteiger partial charge in [-0.3, -0.25) is 0 Å². The molecule has 7 nitrogen and oxygen atoms in total. The highest BCUT2D eigenvalue weighted by Gasteiger charge is 2.37. The first-order valence-electron chi connectivity index (χ1n) is 5.26. The third-order valence-electron chi connectivity index (χ3n) is 2.95. The first kappa shape index (κ1) is 12.7. The van der Waals surface area contributed by atoms with Gasteiger partial charge in [-0.1, -0.05) is 6.92 Å². The Bertz CT molecular complexity index is 579. The van der Waals surface area contributed by atoms with Crippen LogP contribution >= 0.6 is 15.9 Å². The number of hydrogen-bond acceptors (Lipinski definition) is 5. The van der Waals surface area contributed by atoms with Gasteiger partial charge < -0.3 is 9.52 Å². The SMILES string of the molecule is CCC(C)(C(=O)O)n1nnnc1-c1ccoc1Br. The number of tetrazole rings is 1. The third-order valence-corrected chi connectivity index (χ3v) is 3.56. The number of aromatic nitrogens is 4. The minimum atomic E-state index is -1.20. The van der Waals surface area contributed by atoms with Crippen LogP contribution < -0.4 is 0 Å². The van der Waals surface area contributed by atoms with E-state index >= 15 is 0 Å². The van der Waals surface area contributed by atoms with Crippen LogP contribution in [0.5, 0.6) is 0 Å². The first-order chi connectivity index (χ1) is 8.50. The molecule has 1 N–H and O–H groups in total. The highest BCUT2D eigenvalue weighted by molar-refractivity contribution is 9.10. The fourth-order valence-electron chi connectivity index (χ4n) is 1.53. The second-order valence-corrected chi connectivity index (χ2v) is 4.68. The number of aliphatic carboxylic acids is 1. The zero-order valence-electron chi connectivity index (χ0n) is 9.79. The summed E-state index contributed by atoms with van der Waals surface area (Å²) in [6.45, 7) is 3.34. The van der Waals surface area contributed by atoms with Gasteiger partial charge in [0.05, 0.1) is 11.8 Å². The summed E-state index contributed by atoms with van der Waals surface area (Å²) in [7, 11) is 0. The van der Waals surface area contributed by atoms with Crippen molar-refractivity contribution in [3.05, 3.63) is 17.0 Å². The van der Waals surface area contributed by atoms with Crippen molar-refractivity contribution in [3.8, 4) is 11.4 Å². The monoisotopic (exact) mass is 314 g/mol. The Kier molecular flexibility index (Phi) is 3.20. The largest absolute Gasteiger partial charge is 0.479 e. The van der Waals surface area contributed by atoms with Gasteiger partial charge in [0.1, 0.15) is 0 Å². The van der Waals surface area contributed by atoms with Gasteiger partial charge in [-0.05, 0) is 45.8 Å². The van der Waals surface area contributed by atoms with E-state index in [1.54, 1.807) is 19.9 Å². The van der Waals surface area contributed by atoms with Gasteiger partial charge in [0, 0.05) is 0 Å². The maximum Gasteiger partial charge on any atom is 0.331 e. The van der Waals surface area contributed by atoms with Gasteiger partial charge in [-0.25, -0.2) is 9.48 Å². The van der Waals surface area contributed by atoms with Crippen LogP contribution in [-0.2, 0) is 10.3 Å². The summed E-state index contributed by atoms with van der Waals surface area (Å²) in [6, 6.07) is 1.67. The van der Waals surface area contributed by atoms with Crippen LogP contribution in [0.1, 0.15) is 20.3 Å². The molecule has 0 fully saturated rings. The summed E-state index contributed by atoms with van der Waals surface area (Å²) in [4.78, 5) is 11.4. The normalized spacial score (nSPS) is 14.4. The zero-order chi connectivity index (χ0) is 13.3. The van der Waals surface area contributed by atoms with E-state index in [1.165, 1.54) is 10.9 Å². The average molecular weight is 315 g/mol. The van der Waals surface area contributed by atoms with Crippen LogP contribution in [0, 0.1) is 0 Å². The molecule has 0 aromatic carbocycles. The molecular formula is C10H11BrN4O3. The lowest BCUT2D eigenvalue weighted by Gasteiger charge is -2.23. The molecule has 0 saturated heterocycles. The molecule has 1 unspecified atom stereocenters. The molecule has 96 valence electrons. The van der Waals surface area contributed by atoms with Crippen molar-refractivity contribution in [1.29, 1.82) is 0 Å². The van der Waals surface area contributed by atoms with Crippen molar-refractivity contribution < 1.29 is 14.3 Å². The molecular weight excluding hydrogens is 304 g/mol. The molecule has 1 atom stereocenters. The van der Waals surface area contributed by atoms with Crippen LogP contribution in [-0.4, -0.2) is 31.3 Å². The highest BCUT2D eigenvalue weighted by atomic mass is 79.9. The zero-order valence-corrected chi connectivity index (χ0v) is 11.4. The highest BCUT2D eigenvalue weighted by Crippen LogP contribution is 2.31. The van der Waals surface area contributed by atoms with Gasteiger partial charge in [0.25, 0.3) is 0 Å². The Morgan fingerprint density at radius 1 is 1.67 bits per heavy atom. The van der Waals surface area contributed by atoms with Gasteiger partial charge >= 0.3 is 5.97 Å². The molecule has 18 heavy (non-hydrogen) atoms. The van der Waals surface area contributed by atoms with Crippen molar-refractivity contribution in [2.75, 3.05) is 0 Å². The molecule has 2 rings (SSSR count). The molecule has 0 aliphatic carbocycles. The second-order valence-electron chi connectivity index (χ2n) is 3.95. The standard InChI is InChI=1S/C10H11BrN4O3/c1-3-10(2,9(16)17)15-8(12-13-14-15)6-4-5-18-7(6)11/h4-5H,3H2,1-2H3,(H,16,17). The maximum atomic E-state index is 11.4. The van der Waals surface area contributed by atoms with Gasteiger partial charge in [0.2, 0.25) is 0 Å². The van der Waals surface area contributed by atoms with Crippen molar-refractivity contribution in [3.63, 3.8) is 0 Å². The predicted molar refractivity (Wildman–Crippen MR) is 64.8 cm³/mol. The molecule has 2 aromatic rings. The molecule has 8 heteroatoms. The van der Waals surface area contributed by atoms with E-state index in [0.29, 0.717) is 22.5 Å². The summed E-state index contributed by atoms with van der Waals surface area (Å²) in [5.74, 6) is -0.638. The third kappa shape index (κ3) is 1.82. The average Bonchev–Trinajstić information content (AvgIpc) is 2.95. The molecule has 0 radical (unpaired) electrons. The Morgan fingerprint density at radius 2 is 2.39 bits per heavy atom. The Morgan fingerprint density at radius 3 is 2.89 bits per heavy atom. The molecule has 2 heterocycles. The number of rotatable bonds is 4. The predicted octanol–water partition coefficient (Wildman–Crippen LogP) is 1.91. The quantitative estimate of drug-likeness (QED) is 0.926. The Labute approximate surface area is 111 Å². The molecule has 0 amide bonds. The molecule has 0 aliphatic rings. The van der Waals surface area contributed by atoms with Crippen LogP contribution in [0.4, 0.5) is 0 Å². The lowest BCUT2D eigenvalue weighted by Crippen LogP contribution is -2.39. The van der Waals surface area contributed by atoms with E-state index in [0.717, 1.165) is 0 Å². The molecule has 0 bridgehead atoms. The maximum absolute atomic E-state index is 11.4. The summed E-state index contributed by atoms with van der Waals surface area (Å²) < 4.78 is 6.87. The van der Waals surface area contributed by atoms with Gasteiger partial charge in [-0.2, -0.15) is 0 Å². The number of hydrogen-bond donors (Lipinski definition) is 1. The van der Waals surface area contributed by atoms with E-state index < -0.39 is 11.5 Å². The second kappa shape index (κ2) is 4.52. The number of furan rings is 1. The number of halogens is 1. The van der Waals surface area contributed by atoms with Crippen LogP contribution in [0.25, 0.3) is 11.4 Å². The van der Waals surface area contributed by atoms with E-state index in [-0.39, 0.29) is 0 Å². The van der Waals surface area contributed by atoms with Crippen molar-refractivity contribution in [2.45, 2.75) is 25.8 Å². The number of carboxylic acids is 1. The minimum Gasteiger partial charge on any atom is -0.479 e. The Balaban J connectivity index is 2.58. The summed E-state index contributed by atoms with van der Waals surface area (Å²) in [5.41, 5.74) is -0.587. The lowest BCUT2D eigenvalue weighted by molar-refractivity contribution is -0.147. The van der Waals surface area contributed by atoms with E-state index in [2.05, 4.69) is 31.5 Å². The fraction of sp³-hybridized carbons (Fsp3) is 0.400. The fourth-order valence-corrected chi connectivity index (χ4v) is 1.95. The first-order valence-corrected chi connectivity index (χ1v) is 6.05. The van der Waals surface area contributed by atoms with E-state index in [4.69, 9.17) is 4.42 Å². The van der Waals surface area contributed by atoms with Gasteiger partial charge in [0.15, 0.2) is 16.0 Å². The summed E-state index contributed by atoms with van der Waals surface area (Å²) in [5, 5.41) is 20.6. The smallest absolute Gasteiger partial charge is 0.331 e. The minimum absolute atomic E-state index is 0.349. The van der Waals surface area contributed by atoms with Crippen molar-refractivity contribution in [2.24, 2.45) is 0 Å². The van der Waals surface area contributed by atoms with Gasteiger partial charge in [-0.15, -0.1) is 5.10 Å². The van der Waals surface area contributed by atoms with Crippen LogP contribution in [0.15, 0.2) is 21.4 Å². The van der Waals surface area contributed by atoms with Crippen LogP contribution in [0.3, 0.4) is 0 Å². The topological polar surface area (TPSA) is 94.0 Å². The van der Waals surface area contributed by atoms with E-state index in [1.807, 2.05) is 0 Å². The molecule has 0 aliphatic heterocycles. The molecule has 0 spiro atoms. The lowest BCUT2D eigenvalue weighted by atomic mass is 9.99. The van der Waals surface area contributed by atoms with Crippen LogP contribution in [0.2, 0.25) is 0 Å². The molecule has 2 aromatic heterocycles. The number of carbonyl (C=O) groups is 1. The van der Waals surface area contributed by atoms with Crippen molar-refractivity contribution >= 4 is 21.9 Å². The summed E-state index contributed by atoms with van der Waals surface area (Å²) in [6.07, 6.45) is 1.83. The number of carboxylic acid groups (broad SMARTS) is 1. The Hall–Kier alpha value is -1.70. The molecule has 0 saturated carbocycles. The number of nitrogens with zero attached hydrogens (tertiary/aromatic N) is 4. The van der Waals surface area contributed by atoms with E-state index in [9.17, 15) is 9.90 Å². The van der Waals surface area contributed by atoms with Crippen molar-refractivity contribution in [1.82, 2.24) is 20.2 Å². The summed E-state index contributed by atoms with van der Waals surface area (Å²) >= 11 is 3.22.